The minimum absolute atomic E-state index is 0.224. The van der Waals surface area contributed by atoms with Gasteiger partial charge in [0.05, 0.1) is 6.54 Å². The zero-order chi connectivity index (χ0) is 11.4. The number of aromatic nitrogens is 1. The van der Waals surface area contributed by atoms with Crippen molar-refractivity contribution in [3.05, 3.63) is 66.0 Å². The Hall–Kier alpha value is -1.67. The summed E-state index contributed by atoms with van der Waals surface area (Å²) < 4.78 is 2.16. The standard InChI is InChI=1S/C14H17N2/c1-12-7-9-16(10-8-12)14(11-15)13-5-3-2-4-6-13/h2-10,14H,11,15H2,1H3/q+1. The molecular formula is C14H17N2+. The van der Waals surface area contributed by atoms with Crippen molar-refractivity contribution in [2.75, 3.05) is 6.54 Å². The number of hydrogen-bond donors (Lipinski definition) is 1. The number of rotatable bonds is 3. The summed E-state index contributed by atoms with van der Waals surface area (Å²) in [5, 5.41) is 0. The predicted octanol–water partition coefficient (Wildman–Crippen LogP) is 1.83. The van der Waals surface area contributed by atoms with E-state index in [1.54, 1.807) is 0 Å². The third kappa shape index (κ3) is 2.28. The van der Waals surface area contributed by atoms with Crippen LogP contribution in [0.1, 0.15) is 17.2 Å². The van der Waals surface area contributed by atoms with Gasteiger partial charge in [0.1, 0.15) is 0 Å². The van der Waals surface area contributed by atoms with Gasteiger partial charge in [0, 0.05) is 17.7 Å². The van der Waals surface area contributed by atoms with Crippen LogP contribution >= 0.6 is 0 Å². The zero-order valence-electron chi connectivity index (χ0n) is 9.51. The van der Waals surface area contributed by atoms with Crippen molar-refractivity contribution in [3.63, 3.8) is 0 Å². The number of aryl methyl sites for hydroxylation is 1. The van der Waals surface area contributed by atoms with Gasteiger partial charge in [-0.2, -0.15) is 4.57 Å². The summed E-state index contributed by atoms with van der Waals surface area (Å²) in [6.45, 7) is 2.70. The average molecular weight is 213 g/mol. The molecule has 0 aliphatic rings. The van der Waals surface area contributed by atoms with E-state index < -0.39 is 0 Å². The molecular weight excluding hydrogens is 196 g/mol. The summed E-state index contributed by atoms with van der Waals surface area (Å²) in [5.74, 6) is 0. The normalized spacial score (nSPS) is 12.4. The Kier molecular flexibility index (Phi) is 3.32. The molecule has 0 aliphatic heterocycles. The van der Waals surface area contributed by atoms with Crippen LogP contribution in [0.15, 0.2) is 54.9 Å². The SMILES string of the molecule is Cc1cc[n+](C(CN)c2ccccc2)cc1. The number of pyridine rings is 1. The molecule has 0 amide bonds. The molecule has 0 bridgehead atoms. The minimum atomic E-state index is 0.224. The van der Waals surface area contributed by atoms with Gasteiger partial charge >= 0.3 is 0 Å². The second-order valence-electron chi connectivity index (χ2n) is 3.98. The van der Waals surface area contributed by atoms with Crippen molar-refractivity contribution >= 4 is 0 Å². The van der Waals surface area contributed by atoms with Crippen LogP contribution < -0.4 is 10.3 Å². The number of nitrogens with two attached hydrogens (primary N) is 1. The van der Waals surface area contributed by atoms with Crippen molar-refractivity contribution < 1.29 is 4.57 Å². The Morgan fingerprint density at radius 2 is 1.69 bits per heavy atom. The van der Waals surface area contributed by atoms with Gasteiger partial charge in [-0.25, -0.2) is 0 Å². The summed E-state index contributed by atoms with van der Waals surface area (Å²) in [4.78, 5) is 0. The van der Waals surface area contributed by atoms with E-state index in [9.17, 15) is 0 Å². The second kappa shape index (κ2) is 4.90. The quantitative estimate of drug-likeness (QED) is 0.775. The van der Waals surface area contributed by atoms with E-state index >= 15 is 0 Å². The molecule has 0 radical (unpaired) electrons. The Morgan fingerprint density at radius 1 is 1.06 bits per heavy atom. The Morgan fingerprint density at radius 3 is 2.25 bits per heavy atom. The molecule has 0 saturated carbocycles. The van der Waals surface area contributed by atoms with Crippen molar-refractivity contribution in [2.45, 2.75) is 13.0 Å². The number of hydrogen-bond acceptors (Lipinski definition) is 1. The first kappa shape index (κ1) is 10.8. The third-order valence-electron chi connectivity index (χ3n) is 2.79. The Bertz CT molecular complexity index is 434. The van der Waals surface area contributed by atoms with E-state index in [2.05, 4.69) is 48.1 Å². The molecule has 0 fully saturated rings. The highest BCUT2D eigenvalue weighted by Crippen LogP contribution is 2.10. The molecule has 2 heteroatoms. The lowest BCUT2D eigenvalue weighted by molar-refractivity contribution is -0.711. The van der Waals surface area contributed by atoms with E-state index in [0.29, 0.717) is 6.54 Å². The van der Waals surface area contributed by atoms with Crippen molar-refractivity contribution in [2.24, 2.45) is 5.73 Å². The first-order chi connectivity index (χ1) is 7.81. The topological polar surface area (TPSA) is 29.9 Å². The predicted molar refractivity (Wildman–Crippen MR) is 65.0 cm³/mol. The van der Waals surface area contributed by atoms with Crippen LogP contribution in [0, 0.1) is 6.92 Å². The summed E-state index contributed by atoms with van der Waals surface area (Å²) in [6.07, 6.45) is 4.17. The highest BCUT2D eigenvalue weighted by Gasteiger charge is 2.17. The van der Waals surface area contributed by atoms with Crippen LogP contribution in [-0.2, 0) is 0 Å². The van der Waals surface area contributed by atoms with Crippen LogP contribution in [0.25, 0.3) is 0 Å². The van der Waals surface area contributed by atoms with Crippen LogP contribution in [-0.4, -0.2) is 6.54 Å². The molecule has 2 aromatic rings. The largest absolute Gasteiger partial charge is 0.324 e. The molecule has 16 heavy (non-hydrogen) atoms. The van der Waals surface area contributed by atoms with Gasteiger partial charge in [0.2, 0.25) is 0 Å². The molecule has 82 valence electrons. The van der Waals surface area contributed by atoms with E-state index in [1.165, 1.54) is 11.1 Å². The molecule has 0 saturated heterocycles. The summed E-state index contributed by atoms with van der Waals surface area (Å²) in [7, 11) is 0. The maximum absolute atomic E-state index is 5.85. The lowest BCUT2D eigenvalue weighted by Gasteiger charge is -2.10. The zero-order valence-corrected chi connectivity index (χ0v) is 9.51. The molecule has 1 heterocycles. The van der Waals surface area contributed by atoms with Gasteiger partial charge < -0.3 is 5.73 Å². The smallest absolute Gasteiger partial charge is 0.195 e. The van der Waals surface area contributed by atoms with Gasteiger partial charge in [-0.1, -0.05) is 30.3 Å². The highest BCUT2D eigenvalue weighted by atomic mass is 15.0. The van der Waals surface area contributed by atoms with Gasteiger partial charge in [0.15, 0.2) is 18.4 Å². The third-order valence-corrected chi connectivity index (χ3v) is 2.79. The molecule has 1 unspecified atom stereocenters. The Balaban J connectivity index is 2.33. The monoisotopic (exact) mass is 213 g/mol. The molecule has 2 rings (SSSR count). The molecule has 2 N–H and O–H groups in total. The van der Waals surface area contributed by atoms with E-state index in [4.69, 9.17) is 5.73 Å². The maximum Gasteiger partial charge on any atom is 0.195 e. The van der Waals surface area contributed by atoms with Crippen LogP contribution in [0.3, 0.4) is 0 Å². The van der Waals surface area contributed by atoms with E-state index in [-0.39, 0.29) is 6.04 Å². The summed E-state index contributed by atoms with van der Waals surface area (Å²) in [6, 6.07) is 14.8. The maximum atomic E-state index is 5.85. The molecule has 1 atom stereocenters. The van der Waals surface area contributed by atoms with Crippen molar-refractivity contribution in [1.82, 2.24) is 0 Å². The molecule has 1 aromatic heterocycles. The first-order valence-corrected chi connectivity index (χ1v) is 5.53. The van der Waals surface area contributed by atoms with Crippen molar-refractivity contribution in [1.29, 1.82) is 0 Å². The lowest BCUT2D eigenvalue weighted by atomic mass is 10.1. The van der Waals surface area contributed by atoms with Gasteiger partial charge in [-0.15, -0.1) is 0 Å². The van der Waals surface area contributed by atoms with Gasteiger partial charge in [0.25, 0.3) is 0 Å². The fraction of sp³-hybridized carbons (Fsp3) is 0.214. The average Bonchev–Trinajstić information content (AvgIpc) is 2.34. The Labute approximate surface area is 96.4 Å². The fourth-order valence-electron chi connectivity index (χ4n) is 1.83. The van der Waals surface area contributed by atoms with Crippen molar-refractivity contribution in [3.8, 4) is 0 Å². The van der Waals surface area contributed by atoms with E-state index in [1.807, 2.05) is 18.2 Å². The summed E-state index contributed by atoms with van der Waals surface area (Å²) in [5.41, 5.74) is 8.37. The lowest BCUT2D eigenvalue weighted by Crippen LogP contribution is -2.43. The highest BCUT2D eigenvalue weighted by molar-refractivity contribution is 5.17. The molecule has 1 aromatic carbocycles. The molecule has 0 spiro atoms. The minimum Gasteiger partial charge on any atom is -0.324 e. The van der Waals surface area contributed by atoms with Crippen LogP contribution in [0.4, 0.5) is 0 Å². The fourth-order valence-corrected chi connectivity index (χ4v) is 1.83. The summed E-state index contributed by atoms with van der Waals surface area (Å²) >= 11 is 0. The van der Waals surface area contributed by atoms with Gasteiger partial charge in [-0.05, 0) is 12.5 Å². The first-order valence-electron chi connectivity index (χ1n) is 5.53. The molecule has 0 aliphatic carbocycles. The van der Waals surface area contributed by atoms with Crippen LogP contribution in [0.5, 0.6) is 0 Å². The molecule has 2 nitrogen and oxygen atoms in total. The second-order valence-corrected chi connectivity index (χ2v) is 3.98. The van der Waals surface area contributed by atoms with Gasteiger partial charge in [-0.3, -0.25) is 0 Å². The van der Waals surface area contributed by atoms with Crippen LogP contribution in [0.2, 0.25) is 0 Å². The van der Waals surface area contributed by atoms with E-state index in [0.717, 1.165) is 0 Å². The number of nitrogens with zero attached hydrogens (tertiary/aromatic N) is 1. The number of benzene rings is 1.